The molecule has 2 rings (SSSR count). The van der Waals surface area contributed by atoms with Gasteiger partial charge >= 0.3 is 0 Å². The normalized spacial score (nSPS) is 36.4. The highest BCUT2D eigenvalue weighted by atomic mass is 16.3. The molecule has 2 fully saturated rings. The number of hydrogen-bond acceptors (Lipinski definition) is 5. The molecule has 2 aliphatic rings. The standard InChI is InChI=1S/C13H24N2O4/c16-7-10-12(18)11(17)9(15-10)6-14-13(19)8-4-2-1-3-5-8/h8-12,15-18H,1-7H2,(H,14,19)/t9-,10+,11+,12-/m0/s1. The molecule has 0 aromatic rings. The molecule has 5 N–H and O–H groups in total. The second-order valence-electron chi connectivity index (χ2n) is 5.62. The van der Waals surface area contributed by atoms with E-state index in [1.807, 2.05) is 0 Å². The summed E-state index contributed by atoms with van der Waals surface area (Å²) in [5, 5.41) is 34.3. The lowest BCUT2D eigenvalue weighted by Crippen LogP contribution is -2.45. The van der Waals surface area contributed by atoms with Crippen molar-refractivity contribution in [2.75, 3.05) is 13.2 Å². The highest BCUT2D eigenvalue weighted by molar-refractivity contribution is 5.78. The zero-order chi connectivity index (χ0) is 13.8. The summed E-state index contributed by atoms with van der Waals surface area (Å²) in [7, 11) is 0. The van der Waals surface area contributed by atoms with Crippen molar-refractivity contribution in [1.29, 1.82) is 0 Å². The Labute approximate surface area is 113 Å². The Morgan fingerprint density at radius 2 is 1.74 bits per heavy atom. The van der Waals surface area contributed by atoms with Gasteiger partial charge in [-0.05, 0) is 12.8 Å². The van der Waals surface area contributed by atoms with Crippen molar-refractivity contribution in [3.8, 4) is 0 Å². The number of amides is 1. The first-order valence-corrected chi connectivity index (χ1v) is 7.14. The fourth-order valence-corrected chi connectivity index (χ4v) is 3.01. The molecule has 19 heavy (non-hydrogen) atoms. The molecule has 1 saturated carbocycles. The molecule has 1 aliphatic carbocycles. The summed E-state index contributed by atoms with van der Waals surface area (Å²) in [6, 6.07) is -0.925. The average Bonchev–Trinajstić information content (AvgIpc) is 2.73. The van der Waals surface area contributed by atoms with E-state index in [0.717, 1.165) is 25.7 Å². The first kappa shape index (κ1) is 14.7. The summed E-state index contributed by atoms with van der Waals surface area (Å²) in [6.45, 7) is 0.0510. The van der Waals surface area contributed by atoms with Crippen molar-refractivity contribution < 1.29 is 20.1 Å². The molecular formula is C13H24N2O4. The maximum atomic E-state index is 12.0. The topological polar surface area (TPSA) is 102 Å². The van der Waals surface area contributed by atoms with Gasteiger partial charge in [-0.1, -0.05) is 19.3 Å². The Kier molecular flexibility index (Phi) is 5.15. The van der Waals surface area contributed by atoms with E-state index in [-0.39, 0.29) is 25.0 Å². The molecule has 6 heteroatoms. The van der Waals surface area contributed by atoms with Gasteiger partial charge in [0, 0.05) is 12.5 Å². The highest BCUT2D eigenvalue weighted by Crippen LogP contribution is 2.23. The molecule has 4 atom stereocenters. The number of rotatable bonds is 4. The Hall–Kier alpha value is -0.690. The summed E-state index contributed by atoms with van der Waals surface area (Å²) in [5.41, 5.74) is 0. The highest BCUT2D eigenvalue weighted by Gasteiger charge is 2.40. The number of carbonyl (C=O) groups is 1. The monoisotopic (exact) mass is 272 g/mol. The van der Waals surface area contributed by atoms with Crippen LogP contribution in [0.1, 0.15) is 32.1 Å². The largest absolute Gasteiger partial charge is 0.395 e. The number of hydrogen-bond donors (Lipinski definition) is 5. The minimum absolute atomic E-state index is 0.0376. The van der Waals surface area contributed by atoms with E-state index in [1.165, 1.54) is 6.42 Å². The smallest absolute Gasteiger partial charge is 0.223 e. The maximum Gasteiger partial charge on any atom is 0.223 e. The van der Waals surface area contributed by atoms with Crippen LogP contribution in [-0.4, -0.2) is 58.7 Å². The Morgan fingerprint density at radius 1 is 1.11 bits per heavy atom. The zero-order valence-corrected chi connectivity index (χ0v) is 11.1. The molecule has 0 aromatic heterocycles. The van der Waals surface area contributed by atoms with Crippen LogP contribution in [0.25, 0.3) is 0 Å². The quantitative estimate of drug-likeness (QED) is 0.439. The Morgan fingerprint density at radius 3 is 2.32 bits per heavy atom. The third kappa shape index (κ3) is 3.45. The molecule has 1 saturated heterocycles. The second-order valence-corrected chi connectivity index (χ2v) is 5.62. The van der Waals surface area contributed by atoms with E-state index in [2.05, 4.69) is 10.6 Å². The maximum absolute atomic E-state index is 12.0. The Bertz CT molecular complexity index is 307. The van der Waals surface area contributed by atoms with Crippen molar-refractivity contribution in [2.24, 2.45) is 5.92 Å². The van der Waals surface area contributed by atoms with Crippen molar-refractivity contribution in [2.45, 2.75) is 56.4 Å². The molecule has 0 radical (unpaired) electrons. The van der Waals surface area contributed by atoms with Crippen LogP contribution in [0.2, 0.25) is 0 Å². The van der Waals surface area contributed by atoms with E-state index in [4.69, 9.17) is 5.11 Å². The van der Waals surface area contributed by atoms with Gasteiger partial charge in [0.1, 0.15) is 0 Å². The molecule has 0 aromatic carbocycles. The number of aliphatic hydroxyl groups excluding tert-OH is 3. The van der Waals surface area contributed by atoms with Gasteiger partial charge in [0.25, 0.3) is 0 Å². The first-order valence-electron chi connectivity index (χ1n) is 7.14. The van der Waals surface area contributed by atoms with Gasteiger partial charge in [-0.2, -0.15) is 0 Å². The van der Waals surface area contributed by atoms with Gasteiger partial charge in [0.05, 0.1) is 30.9 Å². The summed E-state index contributed by atoms with van der Waals surface area (Å²) < 4.78 is 0. The molecule has 1 aliphatic heterocycles. The van der Waals surface area contributed by atoms with Crippen LogP contribution in [0.4, 0.5) is 0 Å². The van der Waals surface area contributed by atoms with Gasteiger partial charge in [-0.15, -0.1) is 0 Å². The van der Waals surface area contributed by atoms with Gasteiger partial charge in [-0.25, -0.2) is 0 Å². The van der Waals surface area contributed by atoms with Crippen molar-refractivity contribution >= 4 is 5.91 Å². The summed E-state index contributed by atoms with van der Waals surface area (Å²) in [4.78, 5) is 12.0. The summed E-state index contributed by atoms with van der Waals surface area (Å²) >= 11 is 0. The Balaban J connectivity index is 1.77. The molecule has 0 unspecified atom stereocenters. The van der Waals surface area contributed by atoms with E-state index in [9.17, 15) is 15.0 Å². The fraction of sp³-hybridized carbons (Fsp3) is 0.923. The first-order chi connectivity index (χ1) is 9.13. The predicted molar refractivity (Wildman–Crippen MR) is 69.4 cm³/mol. The minimum atomic E-state index is -0.985. The van der Waals surface area contributed by atoms with Gasteiger partial charge in [0.15, 0.2) is 0 Å². The molecule has 110 valence electrons. The molecule has 0 bridgehead atoms. The minimum Gasteiger partial charge on any atom is -0.395 e. The molecule has 1 amide bonds. The third-order valence-corrected chi connectivity index (χ3v) is 4.27. The molecule has 0 spiro atoms. The van der Waals surface area contributed by atoms with Crippen LogP contribution in [-0.2, 0) is 4.79 Å². The summed E-state index contributed by atoms with van der Waals surface area (Å²) in [6.07, 6.45) is 3.35. The van der Waals surface area contributed by atoms with E-state index >= 15 is 0 Å². The summed E-state index contributed by atoms with van der Waals surface area (Å²) in [5.74, 6) is 0.126. The zero-order valence-electron chi connectivity index (χ0n) is 11.1. The number of nitrogens with one attached hydrogen (secondary N) is 2. The van der Waals surface area contributed by atoms with Gasteiger partial charge in [-0.3, -0.25) is 4.79 Å². The fourth-order valence-electron chi connectivity index (χ4n) is 3.01. The van der Waals surface area contributed by atoms with E-state index in [1.54, 1.807) is 0 Å². The van der Waals surface area contributed by atoms with Crippen molar-refractivity contribution in [3.05, 3.63) is 0 Å². The van der Waals surface area contributed by atoms with Crippen molar-refractivity contribution in [3.63, 3.8) is 0 Å². The third-order valence-electron chi connectivity index (χ3n) is 4.27. The SMILES string of the molecule is O=C(NC[C@@H]1N[C@H](CO)[C@H](O)[C@@H]1O)C1CCCCC1. The average molecular weight is 272 g/mol. The van der Waals surface area contributed by atoms with Gasteiger partial charge < -0.3 is 26.0 Å². The number of carbonyl (C=O) groups excluding carboxylic acids is 1. The van der Waals surface area contributed by atoms with Crippen LogP contribution in [0.5, 0.6) is 0 Å². The second kappa shape index (κ2) is 6.65. The van der Waals surface area contributed by atoms with E-state index in [0.29, 0.717) is 0 Å². The predicted octanol–water partition coefficient (Wildman–Crippen LogP) is -1.26. The van der Waals surface area contributed by atoms with E-state index < -0.39 is 24.3 Å². The molecule has 1 heterocycles. The molecular weight excluding hydrogens is 248 g/mol. The lowest BCUT2D eigenvalue weighted by atomic mass is 9.88. The van der Waals surface area contributed by atoms with Crippen LogP contribution >= 0.6 is 0 Å². The number of aliphatic hydroxyl groups is 3. The van der Waals surface area contributed by atoms with Gasteiger partial charge in [0.2, 0.25) is 5.91 Å². The lowest BCUT2D eigenvalue weighted by molar-refractivity contribution is -0.126. The lowest BCUT2D eigenvalue weighted by Gasteiger charge is -2.22. The van der Waals surface area contributed by atoms with Crippen LogP contribution < -0.4 is 10.6 Å². The van der Waals surface area contributed by atoms with Crippen molar-refractivity contribution in [1.82, 2.24) is 10.6 Å². The van der Waals surface area contributed by atoms with Crippen LogP contribution in [0.3, 0.4) is 0 Å². The van der Waals surface area contributed by atoms with Crippen LogP contribution in [0, 0.1) is 5.92 Å². The molecule has 6 nitrogen and oxygen atoms in total. The van der Waals surface area contributed by atoms with Crippen LogP contribution in [0.15, 0.2) is 0 Å².